The molecule has 0 aromatic carbocycles. The van der Waals surface area contributed by atoms with Crippen molar-refractivity contribution in [3.63, 3.8) is 0 Å². The molecule has 2 amide bonds. The van der Waals surface area contributed by atoms with Crippen LogP contribution in [0.25, 0.3) is 0 Å². The van der Waals surface area contributed by atoms with Crippen molar-refractivity contribution in [1.82, 2.24) is 34.5 Å². The fourth-order valence-electron chi connectivity index (χ4n) is 3.72. The third-order valence-electron chi connectivity index (χ3n) is 5.10. The van der Waals surface area contributed by atoms with Crippen LogP contribution in [0.5, 0.6) is 0 Å². The first-order chi connectivity index (χ1) is 12.6. The van der Waals surface area contributed by atoms with Crippen LogP contribution in [0.4, 0.5) is 0 Å². The molecule has 1 aliphatic heterocycles. The Morgan fingerprint density at radius 3 is 2.65 bits per heavy atom. The minimum absolute atomic E-state index is 0.143. The summed E-state index contributed by atoms with van der Waals surface area (Å²) < 4.78 is 3.48. The Labute approximate surface area is 151 Å². The van der Waals surface area contributed by atoms with Gasteiger partial charge in [-0.15, -0.1) is 5.10 Å². The van der Waals surface area contributed by atoms with Gasteiger partial charge in [-0.3, -0.25) is 14.3 Å². The number of fused-ring (bicyclic) bond motifs is 1. The highest BCUT2D eigenvalue weighted by Gasteiger charge is 2.28. The highest BCUT2D eigenvalue weighted by molar-refractivity contribution is 5.94. The third kappa shape index (κ3) is 3.21. The van der Waals surface area contributed by atoms with Gasteiger partial charge in [0.1, 0.15) is 6.33 Å². The van der Waals surface area contributed by atoms with Crippen LogP contribution in [0.2, 0.25) is 0 Å². The van der Waals surface area contributed by atoms with Crippen molar-refractivity contribution in [1.29, 1.82) is 0 Å². The number of amides is 2. The Morgan fingerprint density at radius 1 is 1.12 bits per heavy atom. The second-order valence-electron chi connectivity index (χ2n) is 7.01. The molecule has 26 heavy (non-hydrogen) atoms. The summed E-state index contributed by atoms with van der Waals surface area (Å²) in [6.45, 7) is 1.67. The third-order valence-corrected chi connectivity index (χ3v) is 5.10. The maximum absolute atomic E-state index is 12.7. The van der Waals surface area contributed by atoms with Crippen LogP contribution in [0.15, 0.2) is 12.7 Å². The van der Waals surface area contributed by atoms with Crippen molar-refractivity contribution < 1.29 is 9.59 Å². The molecule has 0 saturated heterocycles. The van der Waals surface area contributed by atoms with Crippen molar-refractivity contribution in [3.05, 3.63) is 29.9 Å². The number of imidazole rings is 1. The summed E-state index contributed by atoms with van der Waals surface area (Å²) in [5, 5.41) is 7.18. The normalized spacial score (nSPS) is 17.8. The molecule has 0 unspecified atom stereocenters. The van der Waals surface area contributed by atoms with Gasteiger partial charge in [0.25, 0.3) is 11.8 Å². The second kappa shape index (κ2) is 6.89. The zero-order valence-electron chi connectivity index (χ0n) is 14.9. The number of carbonyl (C=O) groups excluding carboxylic acids is 2. The van der Waals surface area contributed by atoms with E-state index in [1.807, 2.05) is 4.57 Å². The highest BCUT2D eigenvalue weighted by atomic mass is 16.2. The lowest BCUT2D eigenvalue weighted by Crippen LogP contribution is -2.35. The average molecular weight is 357 g/mol. The Balaban J connectivity index is 1.54. The first kappa shape index (κ1) is 16.7. The largest absolute Gasteiger partial charge is 0.348 e. The van der Waals surface area contributed by atoms with Crippen LogP contribution in [-0.4, -0.2) is 53.6 Å². The summed E-state index contributed by atoms with van der Waals surface area (Å²) in [4.78, 5) is 35.5. The zero-order valence-corrected chi connectivity index (χ0v) is 14.9. The molecule has 2 aliphatic rings. The molecule has 2 aromatic heterocycles. The Morgan fingerprint density at radius 2 is 1.92 bits per heavy atom. The van der Waals surface area contributed by atoms with E-state index in [9.17, 15) is 9.59 Å². The smallest absolute Gasteiger partial charge is 0.293 e. The van der Waals surface area contributed by atoms with E-state index in [2.05, 4.69) is 20.4 Å². The van der Waals surface area contributed by atoms with Gasteiger partial charge in [0.15, 0.2) is 5.69 Å². The molecule has 1 saturated carbocycles. The Kier molecular flexibility index (Phi) is 4.44. The molecule has 1 fully saturated rings. The van der Waals surface area contributed by atoms with Crippen molar-refractivity contribution >= 4 is 11.8 Å². The van der Waals surface area contributed by atoms with Crippen LogP contribution in [0.1, 0.15) is 58.9 Å². The van der Waals surface area contributed by atoms with E-state index < -0.39 is 0 Å². The number of rotatable bonds is 3. The minimum Gasteiger partial charge on any atom is -0.348 e. The first-order valence-electron chi connectivity index (χ1n) is 9.11. The SMILES string of the molecule is Cn1cnc(C(=O)N2CCCn3cnc(C(=O)NC4CCCC4)c3C2)n1. The van der Waals surface area contributed by atoms with E-state index >= 15 is 0 Å². The van der Waals surface area contributed by atoms with Crippen LogP contribution in [-0.2, 0) is 20.1 Å². The summed E-state index contributed by atoms with van der Waals surface area (Å²) in [7, 11) is 1.73. The molecule has 3 heterocycles. The Hall–Kier alpha value is -2.71. The molecule has 9 nitrogen and oxygen atoms in total. The number of aryl methyl sites for hydroxylation is 2. The van der Waals surface area contributed by atoms with Crippen molar-refractivity contribution in [2.24, 2.45) is 7.05 Å². The first-order valence-corrected chi connectivity index (χ1v) is 9.11. The lowest BCUT2D eigenvalue weighted by molar-refractivity contribution is 0.0730. The molecule has 0 atom stereocenters. The van der Waals surface area contributed by atoms with Gasteiger partial charge in [-0.05, 0) is 19.3 Å². The monoisotopic (exact) mass is 357 g/mol. The van der Waals surface area contributed by atoms with E-state index in [1.54, 1.807) is 18.3 Å². The number of aromatic nitrogens is 5. The average Bonchev–Trinajstić information content (AvgIpc) is 3.34. The van der Waals surface area contributed by atoms with Crippen LogP contribution < -0.4 is 5.32 Å². The quantitative estimate of drug-likeness (QED) is 0.873. The fraction of sp³-hybridized carbons (Fsp3) is 0.588. The van der Waals surface area contributed by atoms with Gasteiger partial charge in [0.2, 0.25) is 5.82 Å². The lowest BCUT2D eigenvalue weighted by Gasteiger charge is -2.19. The van der Waals surface area contributed by atoms with Gasteiger partial charge in [0.05, 0.1) is 18.6 Å². The highest BCUT2D eigenvalue weighted by Crippen LogP contribution is 2.20. The second-order valence-corrected chi connectivity index (χ2v) is 7.01. The van der Waals surface area contributed by atoms with E-state index in [4.69, 9.17) is 0 Å². The van der Waals surface area contributed by atoms with Gasteiger partial charge in [-0.1, -0.05) is 12.8 Å². The van der Waals surface area contributed by atoms with Gasteiger partial charge in [0, 0.05) is 26.2 Å². The molecule has 138 valence electrons. The Bertz CT molecular complexity index is 819. The fourth-order valence-corrected chi connectivity index (χ4v) is 3.72. The maximum atomic E-state index is 12.7. The standard InChI is InChI=1S/C17H23N7O2/c1-22-10-19-15(21-22)17(26)23-7-4-8-24-11-18-14(13(24)9-23)16(25)20-12-5-2-3-6-12/h10-12H,2-9H2,1H3,(H,20,25). The molecular formula is C17H23N7O2. The minimum atomic E-state index is -0.220. The molecular weight excluding hydrogens is 334 g/mol. The van der Waals surface area contributed by atoms with Crippen molar-refractivity contribution in [2.45, 2.75) is 51.2 Å². The van der Waals surface area contributed by atoms with Gasteiger partial charge >= 0.3 is 0 Å². The molecule has 9 heteroatoms. The zero-order chi connectivity index (χ0) is 18.1. The molecule has 2 aromatic rings. The van der Waals surface area contributed by atoms with E-state index in [1.165, 1.54) is 11.0 Å². The number of carbonyl (C=O) groups is 2. The van der Waals surface area contributed by atoms with E-state index in [-0.39, 0.29) is 23.7 Å². The van der Waals surface area contributed by atoms with Crippen LogP contribution in [0.3, 0.4) is 0 Å². The van der Waals surface area contributed by atoms with E-state index in [0.29, 0.717) is 18.8 Å². The summed E-state index contributed by atoms with van der Waals surface area (Å²) in [6, 6.07) is 0.237. The number of nitrogens with zero attached hydrogens (tertiary/aromatic N) is 6. The molecule has 0 bridgehead atoms. The lowest BCUT2D eigenvalue weighted by atomic mass is 10.2. The number of hydrogen-bond acceptors (Lipinski definition) is 5. The van der Waals surface area contributed by atoms with Crippen molar-refractivity contribution in [2.75, 3.05) is 6.54 Å². The topological polar surface area (TPSA) is 97.9 Å². The molecule has 0 radical (unpaired) electrons. The van der Waals surface area contributed by atoms with Crippen LogP contribution in [0, 0.1) is 0 Å². The van der Waals surface area contributed by atoms with Gasteiger partial charge in [-0.25, -0.2) is 9.97 Å². The van der Waals surface area contributed by atoms with E-state index in [0.717, 1.165) is 44.3 Å². The maximum Gasteiger partial charge on any atom is 0.293 e. The molecule has 1 aliphatic carbocycles. The predicted molar refractivity (Wildman–Crippen MR) is 92.3 cm³/mol. The predicted octanol–water partition coefficient (Wildman–Crippen LogP) is 0.730. The number of hydrogen-bond donors (Lipinski definition) is 1. The number of nitrogens with one attached hydrogen (secondary N) is 1. The van der Waals surface area contributed by atoms with Crippen LogP contribution >= 0.6 is 0 Å². The van der Waals surface area contributed by atoms with Gasteiger partial charge < -0.3 is 14.8 Å². The molecule has 0 spiro atoms. The van der Waals surface area contributed by atoms with Gasteiger partial charge in [-0.2, -0.15) is 0 Å². The summed E-state index contributed by atoms with van der Waals surface area (Å²) >= 11 is 0. The van der Waals surface area contributed by atoms with Crippen molar-refractivity contribution in [3.8, 4) is 0 Å². The molecule has 1 N–H and O–H groups in total. The summed E-state index contributed by atoms with van der Waals surface area (Å²) in [5.74, 6) is -0.185. The summed E-state index contributed by atoms with van der Waals surface area (Å²) in [5.41, 5.74) is 1.20. The molecule has 4 rings (SSSR count). The summed E-state index contributed by atoms with van der Waals surface area (Å²) in [6.07, 6.45) is 8.37.